The highest BCUT2D eigenvalue weighted by Gasteiger charge is 2.31. The Bertz CT molecular complexity index is 549. The van der Waals surface area contributed by atoms with Gasteiger partial charge in [0.2, 0.25) is 5.91 Å². The number of benzene rings is 1. The molecule has 1 unspecified atom stereocenters. The predicted octanol–water partition coefficient (Wildman–Crippen LogP) is 2.00. The van der Waals surface area contributed by atoms with E-state index >= 15 is 0 Å². The summed E-state index contributed by atoms with van der Waals surface area (Å²) in [5, 5.41) is 6.44. The van der Waals surface area contributed by atoms with Crippen LogP contribution in [-0.4, -0.2) is 68.1 Å². The summed E-state index contributed by atoms with van der Waals surface area (Å²) in [7, 11) is 0. The highest BCUT2D eigenvalue weighted by Crippen LogP contribution is 2.26. The van der Waals surface area contributed by atoms with Gasteiger partial charge in [-0.05, 0) is 42.6 Å². The minimum absolute atomic E-state index is 0.0673. The maximum atomic E-state index is 12.2. The molecule has 3 rings (SSSR count). The van der Waals surface area contributed by atoms with Crippen molar-refractivity contribution in [3.8, 4) is 0 Å². The lowest BCUT2D eigenvalue weighted by molar-refractivity contribution is -0.117. The SMILES string of the molecule is CC1(CN2CCN(CC(=O)Nc3ccc(Br)cc3)CC2)CCNC1. The summed E-state index contributed by atoms with van der Waals surface area (Å²) in [6.07, 6.45) is 1.27. The molecule has 24 heavy (non-hydrogen) atoms. The summed E-state index contributed by atoms with van der Waals surface area (Å²) in [6, 6.07) is 7.70. The Balaban J connectivity index is 1.40. The predicted molar refractivity (Wildman–Crippen MR) is 101 cm³/mol. The lowest BCUT2D eigenvalue weighted by atomic mass is 9.89. The number of nitrogens with one attached hydrogen (secondary N) is 2. The highest BCUT2D eigenvalue weighted by atomic mass is 79.9. The maximum Gasteiger partial charge on any atom is 0.238 e. The summed E-state index contributed by atoms with van der Waals surface area (Å²) in [6.45, 7) is 10.3. The van der Waals surface area contributed by atoms with E-state index in [9.17, 15) is 4.79 Å². The normalized spacial score (nSPS) is 25.8. The summed E-state index contributed by atoms with van der Waals surface area (Å²) < 4.78 is 1.02. The fraction of sp³-hybridized carbons (Fsp3) is 0.611. The molecule has 1 atom stereocenters. The van der Waals surface area contributed by atoms with Gasteiger partial charge in [-0.15, -0.1) is 0 Å². The van der Waals surface area contributed by atoms with Gasteiger partial charge in [0.05, 0.1) is 6.54 Å². The van der Waals surface area contributed by atoms with Crippen LogP contribution in [0, 0.1) is 5.41 Å². The van der Waals surface area contributed by atoms with Crippen molar-refractivity contribution in [3.63, 3.8) is 0 Å². The van der Waals surface area contributed by atoms with Gasteiger partial charge in [0.15, 0.2) is 0 Å². The largest absolute Gasteiger partial charge is 0.325 e. The number of piperazine rings is 1. The zero-order chi connectivity index (χ0) is 17.0. The third-order valence-electron chi connectivity index (χ3n) is 5.02. The molecular weight excluding hydrogens is 368 g/mol. The minimum atomic E-state index is 0.0673. The second kappa shape index (κ2) is 7.95. The summed E-state index contributed by atoms with van der Waals surface area (Å²) in [5.74, 6) is 0.0673. The van der Waals surface area contributed by atoms with Crippen molar-refractivity contribution in [2.45, 2.75) is 13.3 Å². The molecule has 2 fully saturated rings. The number of anilines is 1. The number of carbonyl (C=O) groups excluding carboxylic acids is 1. The van der Waals surface area contributed by atoms with E-state index in [0.717, 1.165) is 49.4 Å². The molecule has 0 bridgehead atoms. The van der Waals surface area contributed by atoms with Crippen LogP contribution in [-0.2, 0) is 4.79 Å². The van der Waals surface area contributed by atoms with Gasteiger partial charge >= 0.3 is 0 Å². The molecule has 1 aromatic carbocycles. The molecule has 5 nitrogen and oxygen atoms in total. The van der Waals surface area contributed by atoms with E-state index in [1.807, 2.05) is 24.3 Å². The standard InChI is InChI=1S/C18H27BrN4O/c1-18(6-7-20-13-18)14-23-10-8-22(9-11-23)12-17(24)21-16-4-2-15(19)3-5-16/h2-5,20H,6-14H2,1H3,(H,21,24). The molecule has 0 spiro atoms. The topological polar surface area (TPSA) is 47.6 Å². The van der Waals surface area contributed by atoms with Crippen molar-refractivity contribution in [2.75, 3.05) is 57.7 Å². The first-order valence-corrected chi connectivity index (χ1v) is 9.53. The van der Waals surface area contributed by atoms with Crippen molar-refractivity contribution in [3.05, 3.63) is 28.7 Å². The van der Waals surface area contributed by atoms with Gasteiger partial charge < -0.3 is 15.5 Å². The number of carbonyl (C=O) groups is 1. The molecule has 0 aromatic heterocycles. The molecule has 2 aliphatic rings. The average molecular weight is 395 g/mol. The first-order chi connectivity index (χ1) is 11.5. The first-order valence-electron chi connectivity index (χ1n) is 8.73. The van der Waals surface area contributed by atoms with Gasteiger partial charge in [-0.1, -0.05) is 22.9 Å². The molecular formula is C18H27BrN4O. The Morgan fingerprint density at radius 1 is 1.21 bits per heavy atom. The van der Waals surface area contributed by atoms with Crippen molar-refractivity contribution < 1.29 is 4.79 Å². The van der Waals surface area contributed by atoms with Crippen LogP contribution in [0.15, 0.2) is 28.7 Å². The number of halogens is 1. The van der Waals surface area contributed by atoms with E-state index in [-0.39, 0.29) is 5.91 Å². The van der Waals surface area contributed by atoms with E-state index < -0.39 is 0 Å². The fourth-order valence-electron chi connectivity index (χ4n) is 3.59. The zero-order valence-electron chi connectivity index (χ0n) is 14.4. The van der Waals surface area contributed by atoms with E-state index in [0.29, 0.717) is 12.0 Å². The van der Waals surface area contributed by atoms with Crippen LogP contribution in [0.3, 0.4) is 0 Å². The molecule has 132 valence electrons. The Hall–Kier alpha value is -0.950. The zero-order valence-corrected chi connectivity index (χ0v) is 15.9. The van der Waals surface area contributed by atoms with Gasteiger partial charge in [0.25, 0.3) is 0 Å². The van der Waals surface area contributed by atoms with E-state index in [1.165, 1.54) is 13.0 Å². The van der Waals surface area contributed by atoms with Crippen molar-refractivity contribution in [1.29, 1.82) is 0 Å². The highest BCUT2D eigenvalue weighted by molar-refractivity contribution is 9.10. The monoisotopic (exact) mass is 394 g/mol. The van der Waals surface area contributed by atoms with Gasteiger partial charge in [-0.2, -0.15) is 0 Å². The van der Waals surface area contributed by atoms with Crippen molar-refractivity contribution in [1.82, 2.24) is 15.1 Å². The first kappa shape index (κ1) is 17.9. The molecule has 0 saturated carbocycles. The fourth-order valence-corrected chi connectivity index (χ4v) is 3.85. The van der Waals surface area contributed by atoms with Gasteiger partial charge in [0.1, 0.15) is 0 Å². The van der Waals surface area contributed by atoms with Crippen LogP contribution in [0.2, 0.25) is 0 Å². The second-order valence-electron chi connectivity index (χ2n) is 7.34. The lowest BCUT2D eigenvalue weighted by Gasteiger charge is -2.38. The number of amides is 1. The number of rotatable bonds is 5. The number of hydrogen-bond donors (Lipinski definition) is 2. The van der Waals surface area contributed by atoms with Crippen LogP contribution in [0.5, 0.6) is 0 Å². The molecule has 2 saturated heterocycles. The Morgan fingerprint density at radius 3 is 2.50 bits per heavy atom. The summed E-state index contributed by atoms with van der Waals surface area (Å²) in [4.78, 5) is 17.0. The molecule has 0 radical (unpaired) electrons. The van der Waals surface area contributed by atoms with Gasteiger partial charge in [0, 0.05) is 49.4 Å². The Morgan fingerprint density at radius 2 is 1.88 bits per heavy atom. The van der Waals surface area contributed by atoms with Crippen LogP contribution >= 0.6 is 15.9 Å². The second-order valence-corrected chi connectivity index (χ2v) is 8.26. The van der Waals surface area contributed by atoms with Gasteiger partial charge in [-0.25, -0.2) is 0 Å². The van der Waals surface area contributed by atoms with Crippen LogP contribution in [0.1, 0.15) is 13.3 Å². The Kier molecular flexibility index (Phi) is 5.92. The van der Waals surface area contributed by atoms with Crippen molar-refractivity contribution >= 4 is 27.5 Å². The average Bonchev–Trinajstić information content (AvgIpc) is 2.98. The summed E-state index contributed by atoms with van der Waals surface area (Å²) >= 11 is 3.40. The van der Waals surface area contributed by atoms with E-state index in [4.69, 9.17) is 0 Å². The van der Waals surface area contributed by atoms with E-state index in [1.54, 1.807) is 0 Å². The third-order valence-corrected chi connectivity index (χ3v) is 5.55. The molecule has 1 aromatic rings. The van der Waals surface area contributed by atoms with Crippen LogP contribution in [0.25, 0.3) is 0 Å². The van der Waals surface area contributed by atoms with E-state index in [2.05, 4.69) is 43.3 Å². The summed E-state index contributed by atoms with van der Waals surface area (Å²) in [5.41, 5.74) is 1.27. The number of nitrogens with zero attached hydrogens (tertiary/aromatic N) is 2. The molecule has 0 aliphatic carbocycles. The lowest BCUT2D eigenvalue weighted by Crippen LogP contribution is -2.51. The third kappa shape index (κ3) is 5.02. The number of hydrogen-bond acceptors (Lipinski definition) is 4. The quantitative estimate of drug-likeness (QED) is 0.801. The molecule has 6 heteroatoms. The smallest absolute Gasteiger partial charge is 0.238 e. The molecule has 1 amide bonds. The maximum absolute atomic E-state index is 12.2. The molecule has 2 aliphatic heterocycles. The van der Waals surface area contributed by atoms with Gasteiger partial charge in [-0.3, -0.25) is 9.69 Å². The Labute approximate surface area is 152 Å². The molecule has 2 heterocycles. The van der Waals surface area contributed by atoms with Crippen molar-refractivity contribution in [2.24, 2.45) is 5.41 Å². The molecule has 2 N–H and O–H groups in total. The van der Waals surface area contributed by atoms with Crippen LogP contribution in [0.4, 0.5) is 5.69 Å². The van der Waals surface area contributed by atoms with Crippen LogP contribution < -0.4 is 10.6 Å². The minimum Gasteiger partial charge on any atom is -0.325 e.